The van der Waals surface area contributed by atoms with Gasteiger partial charge in [0.25, 0.3) is 0 Å². The van der Waals surface area contributed by atoms with E-state index >= 15 is 0 Å². The Morgan fingerprint density at radius 1 is 0.667 bits per heavy atom. The predicted octanol–water partition coefficient (Wildman–Crippen LogP) is 6.73. The second-order valence-electron chi connectivity index (χ2n) is 7.76. The van der Waals surface area contributed by atoms with Gasteiger partial charge in [0.15, 0.2) is 6.10 Å². The first-order chi connectivity index (χ1) is 16.2. The number of hydrogen-bond acceptors (Lipinski definition) is 4. The lowest BCUT2D eigenvalue weighted by molar-refractivity contribution is -0.0894. The van der Waals surface area contributed by atoms with Crippen LogP contribution in [-0.2, 0) is 38.8 Å². The van der Waals surface area contributed by atoms with Crippen molar-refractivity contribution in [3.8, 4) is 0 Å². The lowest BCUT2D eigenvalue weighted by atomic mass is 10.1. The molecule has 0 radical (unpaired) electrons. The molecule has 4 rings (SSSR count). The highest BCUT2D eigenvalue weighted by Gasteiger charge is 2.45. The maximum absolute atomic E-state index is 6.38. The number of halogens is 2. The van der Waals surface area contributed by atoms with E-state index < -0.39 is 0 Å². The van der Waals surface area contributed by atoms with E-state index in [1.54, 1.807) is 0 Å². The molecule has 0 bridgehead atoms. The molecule has 3 aromatic carbocycles. The zero-order chi connectivity index (χ0) is 22.9. The lowest BCUT2D eigenvalue weighted by Crippen LogP contribution is -2.37. The smallest absolute Gasteiger partial charge is 0.151 e. The Bertz CT molecular complexity index is 1010. The van der Waals surface area contributed by atoms with Crippen molar-refractivity contribution in [1.82, 2.24) is 0 Å². The van der Waals surface area contributed by atoms with Gasteiger partial charge in [-0.3, -0.25) is 0 Å². The molecule has 1 heterocycles. The molecule has 1 aliphatic heterocycles. The van der Waals surface area contributed by atoms with Crippen molar-refractivity contribution in [1.29, 1.82) is 0 Å². The minimum atomic E-state index is -0.381. The summed E-state index contributed by atoms with van der Waals surface area (Å²) in [4.78, 5) is 0. The summed E-state index contributed by atoms with van der Waals surface area (Å²) < 4.78 is 25.7. The Labute approximate surface area is 211 Å². The third kappa shape index (κ3) is 7.01. The molecular formula is C27H26Br2O4. The van der Waals surface area contributed by atoms with Crippen LogP contribution in [0.2, 0.25) is 0 Å². The van der Waals surface area contributed by atoms with Crippen LogP contribution in [-0.4, -0.2) is 24.9 Å². The average molecular weight is 574 g/mol. The van der Waals surface area contributed by atoms with Crippen LogP contribution in [0.5, 0.6) is 0 Å². The normalized spacial score (nSPS) is 19.9. The molecule has 3 atom stereocenters. The van der Waals surface area contributed by atoms with Crippen molar-refractivity contribution >= 4 is 31.9 Å². The molecule has 33 heavy (non-hydrogen) atoms. The Hall–Kier alpha value is -1.96. The Morgan fingerprint density at radius 2 is 1.15 bits per heavy atom. The molecule has 4 nitrogen and oxygen atoms in total. The van der Waals surface area contributed by atoms with E-state index in [9.17, 15) is 0 Å². The summed E-state index contributed by atoms with van der Waals surface area (Å²) in [5.74, 6) is 0.678. The predicted molar refractivity (Wildman–Crippen MR) is 136 cm³/mol. The van der Waals surface area contributed by atoms with Crippen LogP contribution >= 0.6 is 31.9 Å². The minimum absolute atomic E-state index is 0.307. The van der Waals surface area contributed by atoms with Gasteiger partial charge < -0.3 is 18.9 Å². The molecule has 0 saturated carbocycles. The summed E-state index contributed by atoms with van der Waals surface area (Å²) in [7, 11) is 0. The van der Waals surface area contributed by atoms with Gasteiger partial charge in [-0.15, -0.1) is 0 Å². The average Bonchev–Trinajstić information content (AvgIpc) is 3.21. The number of ether oxygens (including phenoxy) is 4. The fourth-order valence-electron chi connectivity index (χ4n) is 3.68. The maximum Gasteiger partial charge on any atom is 0.151 e. The second kappa shape index (κ2) is 12.5. The van der Waals surface area contributed by atoms with E-state index in [-0.39, 0.29) is 18.3 Å². The summed E-state index contributed by atoms with van der Waals surface area (Å²) in [6.07, 6.45) is -1.02. The Balaban J connectivity index is 1.48. The van der Waals surface area contributed by atoms with E-state index in [4.69, 9.17) is 18.9 Å². The molecule has 0 aliphatic carbocycles. The quantitative estimate of drug-likeness (QED) is 0.269. The zero-order valence-electron chi connectivity index (χ0n) is 18.1. The van der Waals surface area contributed by atoms with E-state index in [1.165, 1.54) is 0 Å². The summed E-state index contributed by atoms with van der Waals surface area (Å²) in [5.41, 5.74) is 3.30. The van der Waals surface area contributed by atoms with Gasteiger partial charge in [-0.2, -0.15) is 0 Å². The van der Waals surface area contributed by atoms with Gasteiger partial charge >= 0.3 is 0 Å². The molecule has 3 aromatic rings. The number of rotatable bonds is 10. The molecular weight excluding hydrogens is 548 g/mol. The van der Waals surface area contributed by atoms with Gasteiger partial charge in [-0.25, -0.2) is 0 Å². The summed E-state index contributed by atoms with van der Waals surface area (Å²) in [6, 6.07) is 30.3. The van der Waals surface area contributed by atoms with Crippen molar-refractivity contribution in [2.75, 3.05) is 6.61 Å². The Kier molecular flexibility index (Phi) is 9.15. The Morgan fingerprint density at radius 3 is 1.67 bits per heavy atom. The van der Waals surface area contributed by atoms with Crippen LogP contribution in [0, 0.1) is 0 Å². The molecule has 172 valence electrons. The van der Waals surface area contributed by atoms with E-state index in [0.717, 1.165) is 16.7 Å². The van der Waals surface area contributed by atoms with Crippen LogP contribution in [0.3, 0.4) is 0 Å². The zero-order valence-corrected chi connectivity index (χ0v) is 21.3. The highest BCUT2D eigenvalue weighted by atomic mass is 79.9. The van der Waals surface area contributed by atoms with Crippen LogP contribution < -0.4 is 0 Å². The van der Waals surface area contributed by atoms with E-state index in [1.807, 2.05) is 91.0 Å². The highest BCUT2D eigenvalue weighted by molar-refractivity contribution is 9.28. The largest absolute Gasteiger partial charge is 0.485 e. The first-order valence-corrected chi connectivity index (χ1v) is 12.4. The molecule has 1 fully saturated rings. The van der Waals surface area contributed by atoms with Gasteiger partial charge in [0.1, 0.15) is 21.4 Å². The third-order valence-corrected chi connectivity index (χ3v) is 6.12. The van der Waals surface area contributed by atoms with Crippen molar-refractivity contribution in [2.45, 2.75) is 38.1 Å². The minimum Gasteiger partial charge on any atom is -0.485 e. The molecule has 0 N–H and O–H groups in total. The van der Waals surface area contributed by atoms with E-state index in [2.05, 4.69) is 31.9 Å². The summed E-state index contributed by atoms with van der Waals surface area (Å²) in [6.45, 7) is 1.81. The fraction of sp³-hybridized carbons (Fsp3) is 0.259. The molecule has 6 heteroatoms. The first kappa shape index (κ1) is 24.2. The van der Waals surface area contributed by atoms with Crippen molar-refractivity contribution < 1.29 is 18.9 Å². The first-order valence-electron chi connectivity index (χ1n) is 10.9. The summed E-state index contributed by atoms with van der Waals surface area (Å²) >= 11 is 7.04. The standard InChI is InChI=1S/C27H26Br2O4/c28-27(29)26-25(32-18-22-14-8-3-9-15-22)24(31-17-21-12-6-2-7-13-21)23(33-26)19-30-16-20-10-4-1-5-11-20/h1-15,23-25H,16-19H2/t23-,24-,25-/m1/s1. The topological polar surface area (TPSA) is 36.9 Å². The second-order valence-corrected chi connectivity index (χ2v) is 10.4. The van der Waals surface area contributed by atoms with Gasteiger partial charge in [-0.05, 0) is 48.6 Å². The van der Waals surface area contributed by atoms with Crippen molar-refractivity contribution in [3.05, 3.63) is 117 Å². The maximum atomic E-state index is 6.38. The van der Waals surface area contributed by atoms with E-state index in [0.29, 0.717) is 35.6 Å². The molecule has 0 unspecified atom stereocenters. The lowest BCUT2D eigenvalue weighted by Gasteiger charge is -2.23. The monoisotopic (exact) mass is 572 g/mol. The van der Waals surface area contributed by atoms with Crippen LogP contribution in [0.25, 0.3) is 0 Å². The van der Waals surface area contributed by atoms with Gasteiger partial charge in [0.05, 0.1) is 26.4 Å². The number of hydrogen-bond donors (Lipinski definition) is 0. The van der Waals surface area contributed by atoms with Gasteiger partial charge in [-0.1, -0.05) is 91.0 Å². The van der Waals surface area contributed by atoms with Crippen molar-refractivity contribution in [2.24, 2.45) is 0 Å². The molecule has 0 amide bonds. The molecule has 0 aromatic heterocycles. The van der Waals surface area contributed by atoms with Gasteiger partial charge in [0.2, 0.25) is 0 Å². The highest BCUT2D eigenvalue weighted by Crippen LogP contribution is 2.37. The van der Waals surface area contributed by atoms with Crippen LogP contribution in [0.4, 0.5) is 0 Å². The third-order valence-electron chi connectivity index (χ3n) is 5.34. The molecule has 1 aliphatic rings. The molecule has 0 spiro atoms. The van der Waals surface area contributed by atoms with Gasteiger partial charge in [0, 0.05) is 0 Å². The SMILES string of the molecule is BrC(Br)=C1O[C@H](COCc2ccccc2)[C@@H](OCc2ccccc2)[C@H]1OCc1ccccc1. The number of benzene rings is 3. The van der Waals surface area contributed by atoms with Crippen molar-refractivity contribution in [3.63, 3.8) is 0 Å². The molecule has 1 saturated heterocycles. The fourth-order valence-corrected chi connectivity index (χ4v) is 4.32. The van der Waals surface area contributed by atoms with Crippen LogP contribution in [0.15, 0.2) is 100 Å². The van der Waals surface area contributed by atoms with Crippen LogP contribution in [0.1, 0.15) is 16.7 Å². The summed E-state index contributed by atoms with van der Waals surface area (Å²) in [5, 5.41) is 0.